The summed E-state index contributed by atoms with van der Waals surface area (Å²) >= 11 is 0. The molecule has 2 aromatic carbocycles. The summed E-state index contributed by atoms with van der Waals surface area (Å²) in [6.45, 7) is 0. The van der Waals surface area contributed by atoms with Gasteiger partial charge in [-0.2, -0.15) is 22.0 Å². The van der Waals surface area contributed by atoms with Gasteiger partial charge in [0.1, 0.15) is 0 Å². The van der Waals surface area contributed by atoms with Gasteiger partial charge in [0.25, 0.3) is 0 Å². The van der Waals surface area contributed by atoms with E-state index in [9.17, 15) is 31.9 Å². The average Bonchev–Trinajstić information content (AvgIpc) is 2.51. The summed E-state index contributed by atoms with van der Waals surface area (Å²) in [4.78, 5) is 12.3. The Balaban J connectivity index is 2.43. The van der Waals surface area contributed by atoms with Crippen molar-refractivity contribution >= 4 is 5.78 Å². The maximum atomic E-state index is 14.2. The quantitative estimate of drug-likeness (QED) is 0.811. The van der Waals surface area contributed by atoms with Crippen LogP contribution >= 0.6 is 0 Å². The first kappa shape index (κ1) is 15.6. The number of hydrogen-bond acceptors (Lipinski definition) is 2. The van der Waals surface area contributed by atoms with Gasteiger partial charge < -0.3 is 5.11 Å². The van der Waals surface area contributed by atoms with Crippen molar-refractivity contribution < 1.29 is 31.9 Å². The summed E-state index contributed by atoms with van der Waals surface area (Å²) in [5, 5.41) is 10.5. The molecule has 0 saturated heterocycles. The molecule has 120 valence electrons. The number of ketones is 1. The summed E-state index contributed by atoms with van der Waals surface area (Å²) in [5.74, 6) is -6.19. The molecule has 0 atom stereocenters. The van der Waals surface area contributed by atoms with E-state index in [1.165, 1.54) is 24.3 Å². The van der Waals surface area contributed by atoms with E-state index in [-0.39, 0.29) is 11.1 Å². The van der Waals surface area contributed by atoms with Gasteiger partial charge in [-0.1, -0.05) is 48.5 Å². The third kappa shape index (κ3) is 1.86. The molecule has 1 N–H and O–H groups in total. The van der Waals surface area contributed by atoms with Crippen LogP contribution in [0, 0.1) is 0 Å². The van der Waals surface area contributed by atoms with Gasteiger partial charge in [-0.25, -0.2) is 0 Å². The first-order chi connectivity index (χ1) is 10.6. The zero-order valence-electron chi connectivity index (χ0n) is 11.4. The summed E-state index contributed by atoms with van der Waals surface area (Å²) in [6.07, 6.45) is -6.00. The van der Waals surface area contributed by atoms with E-state index in [2.05, 4.69) is 0 Å². The minimum atomic E-state index is -6.00. The van der Waals surface area contributed by atoms with Crippen LogP contribution in [0.2, 0.25) is 0 Å². The van der Waals surface area contributed by atoms with Gasteiger partial charge >= 0.3 is 12.1 Å². The fourth-order valence-electron chi connectivity index (χ4n) is 2.83. The third-order valence-electron chi connectivity index (χ3n) is 3.93. The molecule has 0 aromatic heterocycles. The van der Waals surface area contributed by atoms with Crippen molar-refractivity contribution in [3.63, 3.8) is 0 Å². The first-order valence-corrected chi connectivity index (χ1v) is 6.53. The molecule has 0 radical (unpaired) electrons. The number of fused-ring (bicyclic) bond motifs is 2. The number of carbonyl (C=O) groups is 1. The fourth-order valence-corrected chi connectivity index (χ4v) is 2.83. The second-order valence-corrected chi connectivity index (χ2v) is 5.20. The number of alkyl halides is 5. The number of benzene rings is 2. The van der Waals surface area contributed by atoms with Crippen molar-refractivity contribution in [3.05, 3.63) is 70.8 Å². The molecule has 23 heavy (non-hydrogen) atoms. The van der Waals surface area contributed by atoms with Gasteiger partial charge in [-0.05, 0) is 0 Å². The smallest absolute Gasteiger partial charge is 0.374 e. The van der Waals surface area contributed by atoms with E-state index < -0.39 is 34.6 Å². The summed E-state index contributed by atoms with van der Waals surface area (Å²) in [5.41, 5.74) is -5.95. The van der Waals surface area contributed by atoms with Gasteiger partial charge in [-0.15, -0.1) is 0 Å². The predicted octanol–water partition coefficient (Wildman–Crippen LogP) is 3.66. The summed E-state index contributed by atoms with van der Waals surface area (Å²) < 4.78 is 67.3. The Hall–Kier alpha value is -2.28. The fraction of sp³-hybridized carbons (Fsp3) is 0.188. The van der Waals surface area contributed by atoms with Gasteiger partial charge in [0.2, 0.25) is 0 Å². The van der Waals surface area contributed by atoms with Crippen molar-refractivity contribution in [2.75, 3.05) is 0 Å². The highest BCUT2D eigenvalue weighted by Gasteiger charge is 2.72. The lowest BCUT2D eigenvalue weighted by atomic mass is 9.70. The van der Waals surface area contributed by atoms with Crippen LogP contribution in [0.15, 0.2) is 48.5 Å². The average molecular weight is 328 g/mol. The Kier molecular flexibility index (Phi) is 3.13. The maximum absolute atomic E-state index is 14.2. The second-order valence-electron chi connectivity index (χ2n) is 5.20. The summed E-state index contributed by atoms with van der Waals surface area (Å²) in [7, 11) is 0. The Morgan fingerprint density at radius 1 is 0.783 bits per heavy atom. The molecule has 0 unspecified atom stereocenters. The molecule has 7 heteroatoms. The molecule has 0 saturated carbocycles. The van der Waals surface area contributed by atoms with Crippen LogP contribution in [0.5, 0.6) is 0 Å². The van der Waals surface area contributed by atoms with Gasteiger partial charge in [0.05, 0.1) is 0 Å². The van der Waals surface area contributed by atoms with Crippen molar-refractivity contribution in [2.45, 2.75) is 17.7 Å². The highest BCUT2D eigenvalue weighted by Crippen LogP contribution is 2.54. The number of halogens is 5. The molecule has 0 bridgehead atoms. The van der Waals surface area contributed by atoms with Crippen LogP contribution in [0.4, 0.5) is 22.0 Å². The van der Waals surface area contributed by atoms with Gasteiger partial charge in [0, 0.05) is 22.3 Å². The van der Waals surface area contributed by atoms with Crippen LogP contribution in [0.3, 0.4) is 0 Å². The summed E-state index contributed by atoms with van der Waals surface area (Å²) in [6, 6.07) is 9.09. The molecular formula is C16H9F5O2. The number of carbonyl (C=O) groups excluding carboxylic acids is 1. The SMILES string of the molecule is O=C1c2ccccc2C(O)(C(F)(F)C(F)(F)F)c2ccccc21. The molecule has 0 amide bonds. The minimum Gasteiger partial charge on any atom is -0.374 e. The van der Waals surface area contributed by atoms with Crippen molar-refractivity contribution in [2.24, 2.45) is 0 Å². The molecule has 3 rings (SSSR count). The molecule has 1 aliphatic carbocycles. The molecule has 0 fully saturated rings. The minimum absolute atomic E-state index is 0.377. The van der Waals surface area contributed by atoms with E-state index in [1.54, 1.807) is 0 Å². The van der Waals surface area contributed by atoms with Crippen molar-refractivity contribution in [1.82, 2.24) is 0 Å². The number of aliphatic hydroxyl groups is 1. The monoisotopic (exact) mass is 328 g/mol. The number of hydrogen-bond donors (Lipinski definition) is 1. The van der Waals surface area contributed by atoms with Crippen LogP contribution in [-0.2, 0) is 5.60 Å². The van der Waals surface area contributed by atoms with E-state index in [1.807, 2.05) is 0 Å². The first-order valence-electron chi connectivity index (χ1n) is 6.53. The van der Waals surface area contributed by atoms with E-state index >= 15 is 0 Å². The molecule has 2 aromatic rings. The Morgan fingerprint density at radius 3 is 1.57 bits per heavy atom. The van der Waals surface area contributed by atoms with Crippen LogP contribution in [-0.4, -0.2) is 23.0 Å². The van der Waals surface area contributed by atoms with Crippen molar-refractivity contribution in [1.29, 1.82) is 0 Å². The highest BCUT2D eigenvalue weighted by atomic mass is 19.4. The topological polar surface area (TPSA) is 37.3 Å². The Labute approximate surface area is 127 Å². The Morgan fingerprint density at radius 2 is 1.17 bits per heavy atom. The van der Waals surface area contributed by atoms with E-state index in [0.717, 1.165) is 24.3 Å². The van der Waals surface area contributed by atoms with E-state index in [0.29, 0.717) is 0 Å². The molecule has 1 aliphatic rings. The molecular weight excluding hydrogens is 319 g/mol. The van der Waals surface area contributed by atoms with Crippen LogP contribution in [0.1, 0.15) is 27.0 Å². The maximum Gasteiger partial charge on any atom is 0.457 e. The van der Waals surface area contributed by atoms with Crippen LogP contribution < -0.4 is 0 Å². The molecule has 0 aliphatic heterocycles. The normalized spacial score (nSPS) is 16.7. The highest BCUT2D eigenvalue weighted by molar-refractivity contribution is 6.13. The van der Waals surface area contributed by atoms with Gasteiger partial charge in [-0.3, -0.25) is 4.79 Å². The zero-order chi connectivity index (χ0) is 17.0. The van der Waals surface area contributed by atoms with Crippen LogP contribution in [0.25, 0.3) is 0 Å². The third-order valence-corrected chi connectivity index (χ3v) is 3.93. The van der Waals surface area contributed by atoms with Crippen molar-refractivity contribution in [3.8, 4) is 0 Å². The molecule has 0 heterocycles. The standard InChI is InChI=1S/C16H9F5O2/c17-15(18,16(19,20)21)14(23)11-7-3-1-5-9(11)13(22)10-6-2-4-8-12(10)14/h1-8,23H. The lowest BCUT2D eigenvalue weighted by Gasteiger charge is -2.41. The molecule has 0 spiro atoms. The second kappa shape index (κ2) is 4.61. The van der Waals surface area contributed by atoms with E-state index in [4.69, 9.17) is 0 Å². The Bertz CT molecular complexity index is 746. The largest absolute Gasteiger partial charge is 0.457 e. The lowest BCUT2D eigenvalue weighted by Crippen LogP contribution is -2.57. The van der Waals surface area contributed by atoms with Gasteiger partial charge in [0.15, 0.2) is 11.4 Å². The lowest BCUT2D eigenvalue weighted by molar-refractivity contribution is -0.336. The predicted molar refractivity (Wildman–Crippen MR) is 70.3 cm³/mol. The zero-order valence-corrected chi connectivity index (χ0v) is 11.4. The molecule has 2 nitrogen and oxygen atoms in total. The number of rotatable bonds is 1.